The highest BCUT2D eigenvalue weighted by Gasteiger charge is 2.28. The molecule has 0 aliphatic carbocycles. The molecule has 0 spiro atoms. The average molecular weight is 278 g/mol. The number of benzene rings is 1. The lowest BCUT2D eigenvalue weighted by Crippen LogP contribution is -2.39. The summed E-state index contributed by atoms with van der Waals surface area (Å²) < 4.78 is 0. The van der Waals surface area contributed by atoms with Crippen LogP contribution in [-0.2, 0) is 4.79 Å². The number of anilines is 2. The van der Waals surface area contributed by atoms with E-state index in [2.05, 4.69) is 5.32 Å². The summed E-state index contributed by atoms with van der Waals surface area (Å²) in [6, 6.07) is 4.94. The van der Waals surface area contributed by atoms with E-state index in [9.17, 15) is 14.9 Å². The second kappa shape index (κ2) is 5.77. The third kappa shape index (κ3) is 2.66. The smallest absolute Gasteiger partial charge is 0.315 e. The van der Waals surface area contributed by atoms with Crippen LogP contribution in [0.4, 0.5) is 17.1 Å². The first-order valence-corrected chi connectivity index (χ1v) is 6.54. The van der Waals surface area contributed by atoms with Crippen molar-refractivity contribution in [3.05, 3.63) is 28.3 Å². The van der Waals surface area contributed by atoms with Crippen molar-refractivity contribution in [2.24, 2.45) is 5.92 Å². The second-order valence-corrected chi connectivity index (χ2v) is 4.85. The zero-order chi connectivity index (χ0) is 14.7. The molecule has 2 rings (SSSR count). The van der Waals surface area contributed by atoms with Gasteiger partial charge in [-0.05, 0) is 25.0 Å². The molecule has 108 valence electrons. The van der Waals surface area contributed by atoms with Gasteiger partial charge in [0.25, 0.3) is 0 Å². The lowest BCUT2D eigenvalue weighted by Gasteiger charge is -2.32. The summed E-state index contributed by atoms with van der Waals surface area (Å²) >= 11 is 0. The maximum Gasteiger partial charge on any atom is 0.315 e. The van der Waals surface area contributed by atoms with Crippen LogP contribution in [0.5, 0.6) is 0 Å². The van der Waals surface area contributed by atoms with Gasteiger partial charge in [0.2, 0.25) is 5.91 Å². The van der Waals surface area contributed by atoms with Crippen molar-refractivity contribution < 1.29 is 9.72 Å². The van der Waals surface area contributed by atoms with Crippen molar-refractivity contribution in [3.63, 3.8) is 0 Å². The Labute approximate surface area is 116 Å². The van der Waals surface area contributed by atoms with Gasteiger partial charge in [-0.3, -0.25) is 14.9 Å². The van der Waals surface area contributed by atoms with Gasteiger partial charge in [0.05, 0.1) is 4.92 Å². The third-order valence-electron chi connectivity index (χ3n) is 3.68. The van der Waals surface area contributed by atoms with Crippen molar-refractivity contribution in [1.82, 2.24) is 5.32 Å². The van der Waals surface area contributed by atoms with E-state index in [4.69, 9.17) is 5.73 Å². The molecule has 1 aromatic carbocycles. The molecule has 7 nitrogen and oxygen atoms in total. The Bertz CT molecular complexity index is 524. The van der Waals surface area contributed by atoms with Crippen LogP contribution in [0.15, 0.2) is 18.2 Å². The van der Waals surface area contributed by atoms with Crippen LogP contribution in [-0.4, -0.2) is 31.0 Å². The number of carbonyl (C=O) groups is 1. The van der Waals surface area contributed by atoms with Crippen LogP contribution in [0.1, 0.15) is 12.8 Å². The number of piperidine rings is 1. The maximum atomic E-state index is 11.6. The SMILES string of the molecule is CNC(=O)C1CCN(c2cccc(N)c2[N+](=O)[O-])CC1. The highest BCUT2D eigenvalue weighted by atomic mass is 16.6. The zero-order valence-corrected chi connectivity index (χ0v) is 11.3. The standard InChI is InChI=1S/C13H18N4O3/c1-15-13(18)9-5-7-16(8-6-9)11-4-2-3-10(14)12(11)17(19)20/h2-4,9H,5-8,14H2,1H3,(H,15,18). The van der Waals surface area contributed by atoms with Gasteiger partial charge < -0.3 is 16.0 Å². The monoisotopic (exact) mass is 278 g/mol. The summed E-state index contributed by atoms with van der Waals surface area (Å²) in [5.41, 5.74) is 6.34. The summed E-state index contributed by atoms with van der Waals surface area (Å²) in [6.07, 6.45) is 1.37. The van der Waals surface area contributed by atoms with Crippen molar-refractivity contribution in [3.8, 4) is 0 Å². The highest BCUT2D eigenvalue weighted by Crippen LogP contribution is 2.35. The number of nitrogen functional groups attached to an aromatic ring is 1. The van der Waals surface area contributed by atoms with Crippen LogP contribution in [0.2, 0.25) is 0 Å². The van der Waals surface area contributed by atoms with E-state index < -0.39 is 4.92 Å². The number of para-hydroxylation sites is 1. The number of nitro benzene ring substituents is 1. The van der Waals surface area contributed by atoms with E-state index in [0.29, 0.717) is 31.6 Å². The fourth-order valence-corrected chi connectivity index (χ4v) is 2.59. The van der Waals surface area contributed by atoms with Gasteiger partial charge >= 0.3 is 5.69 Å². The van der Waals surface area contributed by atoms with E-state index in [0.717, 1.165) is 0 Å². The fourth-order valence-electron chi connectivity index (χ4n) is 2.59. The summed E-state index contributed by atoms with van der Waals surface area (Å²) in [6.45, 7) is 1.23. The lowest BCUT2D eigenvalue weighted by atomic mass is 9.95. The maximum absolute atomic E-state index is 11.6. The number of hydrogen-bond donors (Lipinski definition) is 2. The van der Waals surface area contributed by atoms with Crippen molar-refractivity contribution >= 4 is 23.0 Å². The number of nitrogens with zero attached hydrogens (tertiary/aromatic N) is 2. The Morgan fingerprint density at radius 2 is 2.10 bits per heavy atom. The predicted octanol–water partition coefficient (Wildman–Crippen LogP) is 1.14. The lowest BCUT2D eigenvalue weighted by molar-refractivity contribution is -0.383. The van der Waals surface area contributed by atoms with Crippen molar-refractivity contribution in [2.75, 3.05) is 30.8 Å². The number of hydrogen-bond acceptors (Lipinski definition) is 5. The first-order chi connectivity index (χ1) is 9.54. The number of nitro groups is 1. The van der Waals surface area contributed by atoms with E-state index in [-0.39, 0.29) is 23.2 Å². The van der Waals surface area contributed by atoms with Crippen molar-refractivity contribution in [1.29, 1.82) is 0 Å². The van der Waals surface area contributed by atoms with Gasteiger partial charge in [-0.2, -0.15) is 0 Å². The summed E-state index contributed by atoms with van der Waals surface area (Å²) in [5.74, 6) is 0.0168. The van der Waals surface area contributed by atoms with Gasteiger partial charge in [0.15, 0.2) is 0 Å². The van der Waals surface area contributed by atoms with E-state index in [1.807, 2.05) is 4.90 Å². The molecular weight excluding hydrogens is 260 g/mol. The van der Waals surface area contributed by atoms with E-state index >= 15 is 0 Å². The average Bonchev–Trinajstić information content (AvgIpc) is 2.46. The summed E-state index contributed by atoms with van der Waals surface area (Å²) in [4.78, 5) is 24.2. The Hall–Kier alpha value is -2.31. The highest BCUT2D eigenvalue weighted by molar-refractivity contribution is 5.79. The summed E-state index contributed by atoms with van der Waals surface area (Å²) in [7, 11) is 1.62. The first kappa shape index (κ1) is 14.1. The van der Waals surface area contributed by atoms with Gasteiger partial charge in [-0.25, -0.2) is 0 Å². The second-order valence-electron chi connectivity index (χ2n) is 4.85. The third-order valence-corrected chi connectivity index (χ3v) is 3.68. The molecule has 1 aromatic rings. The van der Waals surface area contributed by atoms with Crippen molar-refractivity contribution in [2.45, 2.75) is 12.8 Å². The number of carbonyl (C=O) groups excluding carboxylic acids is 1. The first-order valence-electron chi connectivity index (χ1n) is 6.54. The number of rotatable bonds is 3. The Balaban J connectivity index is 2.17. The molecule has 0 saturated carbocycles. The molecule has 1 aliphatic rings. The number of amides is 1. The molecule has 0 aromatic heterocycles. The zero-order valence-electron chi connectivity index (χ0n) is 11.3. The van der Waals surface area contributed by atoms with Gasteiger partial charge in [-0.1, -0.05) is 6.07 Å². The molecule has 3 N–H and O–H groups in total. The van der Waals surface area contributed by atoms with Crippen LogP contribution >= 0.6 is 0 Å². The normalized spacial score (nSPS) is 15.9. The minimum absolute atomic E-state index is 0.0173. The Kier molecular flexibility index (Phi) is 4.07. The molecule has 1 heterocycles. The molecule has 1 saturated heterocycles. The van der Waals surface area contributed by atoms with Crippen LogP contribution < -0.4 is 16.0 Å². The van der Waals surface area contributed by atoms with E-state index in [1.54, 1.807) is 19.2 Å². The van der Waals surface area contributed by atoms with Crippen LogP contribution in [0, 0.1) is 16.0 Å². The molecule has 0 radical (unpaired) electrons. The Morgan fingerprint density at radius 1 is 1.45 bits per heavy atom. The molecule has 0 atom stereocenters. The van der Waals surface area contributed by atoms with Gasteiger partial charge in [0, 0.05) is 26.1 Å². The molecule has 0 unspecified atom stereocenters. The van der Waals surface area contributed by atoms with Gasteiger partial charge in [-0.15, -0.1) is 0 Å². The topological polar surface area (TPSA) is 102 Å². The predicted molar refractivity (Wildman–Crippen MR) is 76.5 cm³/mol. The van der Waals surface area contributed by atoms with Gasteiger partial charge in [0.1, 0.15) is 11.4 Å². The largest absolute Gasteiger partial charge is 0.393 e. The van der Waals surface area contributed by atoms with Crippen LogP contribution in [0.3, 0.4) is 0 Å². The minimum Gasteiger partial charge on any atom is -0.393 e. The van der Waals surface area contributed by atoms with E-state index in [1.165, 1.54) is 6.07 Å². The molecule has 20 heavy (non-hydrogen) atoms. The Morgan fingerprint density at radius 3 is 2.65 bits per heavy atom. The fraction of sp³-hybridized carbons (Fsp3) is 0.462. The minimum atomic E-state index is -0.449. The molecule has 0 bridgehead atoms. The van der Waals surface area contributed by atoms with Crippen LogP contribution in [0.25, 0.3) is 0 Å². The molecule has 1 amide bonds. The quantitative estimate of drug-likeness (QED) is 0.490. The molecule has 1 fully saturated rings. The number of nitrogens with two attached hydrogens (primary N) is 1. The molecule has 7 heteroatoms. The number of nitrogens with one attached hydrogen (secondary N) is 1. The molecular formula is C13H18N4O3. The molecule has 1 aliphatic heterocycles. The summed E-state index contributed by atoms with van der Waals surface area (Å²) in [5, 5.41) is 13.8.